The second-order valence-corrected chi connectivity index (χ2v) is 6.05. The summed E-state index contributed by atoms with van der Waals surface area (Å²) in [5.41, 5.74) is 0.972. The van der Waals surface area contributed by atoms with Crippen LogP contribution in [0.25, 0.3) is 0 Å². The Morgan fingerprint density at radius 1 is 1.29 bits per heavy atom. The largest absolute Gasteiger partial charge is 0.335 e. The molecule has 0 N–H and O–H groups in total. The van der Waals surface area contributed by atoms with Crippen LogP contribution in [0.1, 0.15) is 12.8 Å². The van der Waals surface area contributed by atoms with Gasteiger partial charge in [0.05, 0.1) is 30.2 Å². The molecule has 21 heavy (non-hydrogen) atoms. The summed E-state index contributed by atoms with van der Waals surface area (Å²) in [4.78, 5) is 24.3. The molecule has 4 heterocycles. The molecule has 2 aliphatic heterocycles. The first-order valence-electron chi connectivity index (χ1n) is 6.82. The molecule has 0 spiro atoms. The second-order valence-electron chi connectivity index (χ2n) is 5.27. The fourth-order valence-corrected chi connectivity index (χ4v) is 3.91. The Bertz CT molecular complexity index is 660. The van der Waals surface area contributed by atoms with Crippen molar-refractivity contribution in [2.45, 2.75) is 24.9 Å². The Morgan fingerprint density at radius 3 is 2.81 bits per heavy atom. The lowest BCUT2D eigenvalue weighted by Gasteiger charge is -2.24. The molecule has 0 bridgehead atoms. The summed E-state index contributed by atoms with van der Waals surface area (Å²) < 4.78 is 12.9. The SMILES string of the molecule is O=C1CC2C(CCN2c2ncc(F)cn2)N1c1ccsc1. The highest BCUT2D eigenvalue weighted by molar-refractivity contribution is 7.08. The molecule has 2 saturated heterocycles. The Labute approximate surface area is 125 Å². The number of hydrogen-bond acceptors (Lipinski definition) is 5. The van der Waals surface area contributed by atoms with Crippen LogP contribution in [0.5, 0.6) is 0 Å². The molecule has 2 atom stereocenters. The average Bonchev–Trinajstić information content (AvgIpc) is 3.16. The molecule has 0 saturated carbocycles. The molecule has 108 valence electrons. The van der Waals surface area contributed by atoms with Crippen molar-refractivity contribution in [1.82, 2.24) is 9.97 Å². The zero-order valence-corrected chi connectivity index (χ0v) is 12.0. The van der Waals surface area contributed by atoms with E-state index in [1.54, 1.807) is 11.3 Å². The summed E-state index contributed by atoms with van der Waals surface area (Å²) in [6.45, 7) is 0.787. The van der Waals surface area contributed by atoms with E-state index < -0.39 is 5.82 Å². The fourth-order valence-electron chi connectivity index (χ4n) is 3.28. The second kappa shape index (κ2) is 4.77. The number of nitrogens with zero attached hydrogens (tertiary/aromatic N) is 4. The van der Waals surface area contributed by atoms with Crippen LogP contribution in [0.4, 0.5) is 16.0 Å². The third kappa shape index (κ3) is 1.99. The van der Waals surface area contributed by atoms with E-state index in [0.29, 0.717) is 12.4 Å². The van der Waals surface area contributed by atoms with E-state index in [1.165, 1.54) is 12.4 Å². The van der Waals surface area contributed by atoms with Crippen LogP contribution < -0.4 is 9.80 Å². The van der Waals surface area contributed by atoms with Gasteiger partial charge in [-0.05, 0) is 17.9 Å². The quantitative estimate of drug-likeness (QED) is 0.852. The summed E-state index contributed by atoms with van der Waals surface area (Å²) in [5, 5.41) is 3.98. The number of thiophene rings is 1. The van der Waals surface area contributed by atoms with Gasteiger partial charge in [-0.25, -0.2) is 14.4 Å². The predicted octanol–water partition coefficient (Wildman–Crippen LogP) is 2.06. The molecule has 0 radical (unpaired) electrons. The Morgan fingerprint density at radius 2 is 2.10 bits per heavy atom. The van der Waals surface area contributed by atoms with Crippen molar-refractivity contribution in [2.75, 3.05) is 16.3 Å². The minimum absolute atomic E-state index is 0.0721. The van der Waals surface area contributed by atoms with Gasteiger partial charge in [-0.3, -0.25) is 4.79 Å². The number of halogens is 1. The molecule has 0 aliphatic carbocycles. The van der Waals surface area contributed by atoms with E-state index in [0.717, 1.165) is 18.7 Å². The van der Waals surface area contributed by atoms with Gasteiger partial charge in [-0.1, -0.05) is 0 Å². The van der Waals surface area contributed by atoms with Gasteiger partial charge in [0.15, 0.2) is 5.82 Å². The summed E-state index contributed by atoms with van der Waals surface area (Å²) in [6.07, 6.45) is 3.68. The zero-order valence-electron chi connectivity index (χ0n) is 11.1. The first kappa shape index (κ1) is 12.7. The minimum atomic E-state index is -0.447. The summed E-state index contributed by atoms with van der Waals surface area (Å²) in [6, 6.07) is 2.20. The molecule has 0 aromatic carbocycles. The Kier molecular flexibility index (Phi) is 2.88. The van der Waals surface area contributed by atoms with Crippen molar-refractivity contribution in [3.05, 3.63) is 35.0 Å². The topological polar surface area (TPSA) is 49.3 Å². The number of fused-ring (bicyclic) bond motifs is 1. The van der Waals surface area contributed by atoms with Crippen molar-refractivity contribution in [3.8, 4) is 0 Å². The predicted molar refractivity (Wildman–Crippen MR) is 78.0 cm³/mol. The summed E-state index contributed by atoms with van der Waals surface area (Å²) in [5.74, 6) is 0.191. The van der Waals surface area contributed by atoms with Crippen LogP contribution in [0, 0.1) is 5.82 Å². The number of anilines is 2. The maximum absolute atomic E-state index is 12.9. The molecular formula is C14H13FN4OS. The molecule has 2 aromatic rings. The lowest BCUT2D eigenvalue weighted by atomic mass is 10.1. The van der Waals surface area contributed by atoms with Gasteiger partial charge < -0.3 is 9.80 Å². The Hall–Kier alpha value is -2.02. The number of carbonyl (C=O) groups excluding carboxylic acids is 1. The van der Waals surface area contributed by atoms with Crippen LogP contribution in [0.3, 0.4) is 0 Å². The smallest absolute Gasteiger partial charge is 0.229 e. The maximum atomic E-state index is 12.9. The first-order chi connectivity index (χ1) is 10.2. The molecular weight excluding hydrogens is 291 g/mol. The van der Waals surface area contributed by atoms with Crippen molar-refractivity contribution < 1.29 is 9.18 Å². The fraction of sp³-hybridized carbons (Fsp3) is 0.357. The monoisotopic (exact) mass is 304 g/mol. The highest BCUT2D eigenvalue weighted by Crippen LogP contribution is 2.37. The van der Waals surface area contributed by atoms with Crippen molar-refractivity contribution in [2.24, 2.45) is 0 Å². The van der Waals surface area contributed by atoms with Crippen LogP contribution in [-0.2, 0) is 4.79 Å². The highest BCUT2D eigenvalue weighted by atomic mass is 32.1. The van der Waals surface area contributed by atoms with E-state index in [-0.39, 0.29) is 18.0 Å². The van der Waals surface area contributed by atoms with Crippen molar-refractivity contribution in [1.29, 1.82) is 0 Å². The summed E-state index contributed by atoms with van der Waals surface area (Å²) >= 11 is 1.59. The zero-order chi connectivity index (χ0) is 14.4. The molecule has 2 aromatic heterocycles. The minimum Gasteiger partial charge on any atom is -0.335 e. The Balaban J connectivity index is 1.63. The molecule has 4 rings (SSSR count). The summed E-state index contributed by atoms with van der Waals surface area (Å²) in [7, 11) is 0. The van der Waals surface area contributed by atoms with E-state index in [2.05, 4.69) is 9.97 Å². The number of aromatic nitrogens is 2. The lowest BCUT2D eigenvalue weighted by Crippen LogP contribution is -2.37. The maximum Gasteiger partial charge on any atom is 0.229 e. The van der Waals surface area contributed by atoms with E-state index in [9.17, 15) is 9.18 Å². The third-order valence-electron chi connectivity index (χ3n) is 4.14. The molecule has 2 fully saturated rings. The van der Waals surface area contributed by atoms with Gasteiger partial charge in [0, 0.05) is 18.3 Å². The number of rotatable bonds is 2. The number of carbonyl (C=O) groups is 1. The van der Waals surface area contributed by atoms with Gasteiger partial charge in [-0.2, -0.15) is 11.3 Å². The number of hydrogen-bond donors (Lipinski definition) is 0. The average molecular weight is 304 g/mol. The first-order valence-corrected chi connectivity index (χ1v) is 7.77. The standard InChI is InChI=1S/C14H13FN4OS/c15-9-6-16-14(17-7-9)18-3-1-11-12(18)5-13(20)19(11)10-2-4-21-8-10/h2,4,6-8,11-12H,1,3,5H2. The number of amides is 1. The van der Waals surface area contributed by atoms with Gasteiger partial charge in [0.1, 0.15) is 0 Å². The van der Waals surface area contributed by atoms with Gasteiger partial charge in [0.2, 0.25) is 11.9 Å². The van der Waals surface area contributed by atoms with E-state index >= 15 is 0 Å². The van der Waals surface area contributed by atoms with Crippen LogP contribution in [0.15, 0.2) is 29.2 Å². The highest BCUT2D eigenvalue weighted by Gasteiger charge is 2.48. The molecule has 2 aliphatic rings. The van der Waals surface area contributed by atoms with Crippen molar-refractivity contribution in [3.63, 3.8) is 0 Å². The van der Waals surface area contributed by atoms with Crippen LogP contribution in [0.2, 0.25) is 0 Å². The van der Waals surface area contributed by atoms with Crippen LogP contribution in [-0.4, -0.2) is 34.5 Å². The third-order valence-corrected chi connectivity index (χ3v) is 4.81. The van der Waals surface area contributed by atoms with Gasteiger partial charge in [-0.15, -0.1) is 0 Å². The van der Waals surface area contributed by atoms with Gasteiger partial charge in [0.25, 0.3) is 0 Å². The van der Waals surface area contributed by atoms with Crippen molar-refractivity contribution >= 4 is 28.9 Å². The van der Waals surface area contributed by atoms with Crippen LogP contribution >= 0.6 is 11.3 Å². The van der Waals surface area contributed by atoms with E-state index in [1.807, 2.05) is 26.6 Å². The van der Waals surface area contributed by atoms with Gasteiger partial charge >= 0.3 is 0 Å². The normalized spacial score (nSPS) is 24.7. The molecule has 7 heteroatoms. The molecule has 1 amide bonds. The van der Waals surface area contributed by atoms with E-state index in [4.69, 9.17) is 0 Å². The molecule has 5 nitrogen and oxygen atoms in total. The molecule has 2 unspecified atom stereocenters. The lowest BCUT2D eigenvalue weighted by molar-refractivity contribution is -0.117.